The van der Waals surface area contributed by atoms with Gasteiger partial charge in [0.1, 0.15) is 0 Å². The van der Waals surface area contributed by atoms with Gasteiger partial charge in [0.15, 0.2) is 0 Å². The predicted octanol–water partition coefficient (Wildman–Crippen LogP) is 2.76. The highest BCUT2D eigenvalue weighted by atomic mass is 32.1. The van der Waals surface area contributed by atoms with E-state index in [0.29, 0.717) is 0 Å². The lowest BCUT2D eigenvalue weighted by molar-refractivity contribution is 0.0913. The zero-order valence-corrected chi connectivity index (χ0v) is 16.3. The first kappa shape index (κ1) is 19.0. The molecule has 140 valence electrons. The fraction of sp³-hybridized carbons (Fsp3) is 0.500. The average molecular weight is 374 g/mol. The molecule has 0 spiro atoms. The molecule has 0 unspecified atom stereocenters. The third kappa shape index (κ3) is 4.31. The number of aryl methyl sites for hydroxylation is 1. The molecule has 0 bridgehead atoms. The van der Waals surface area contributed by atoms with Gasteiger partial charge in [-0.25, -0.2) is 0 Å². The maximum atomic E-state index is 12.5. The van der Waals surface area contributed by atoms with E-state index in [0.717, 1.165) is 50.2 Å². The molecule has 0 aromatic carbocycles. The van der Waals surface area contributed by atoms with Crippen molar-refractivity contribution in [2.45, 2.75) is 52.2 Å². The molecule has 2 aromatic heterocycles. The minimum Gasteiger partial charge on any atom is -0.394 e. The summed E-state index contributed by atoms with van der Waals surface area (Å²) >= 11 is 1.66. The Bertz CT molecular complexity index is 738. The first-order valence-electron chi connectivity index (χ1n) is 9.31. The molecule has 1 atom stereocenters. The van der Waals surface area contributed by atoms with Crippen LogP contribution < -0.4 is 5.32 Å². The van der Waals surface area contributed by atoms with E-state index in [9.17, 15) is 9.90 Å². The fourth-order valence-electron chi connectivity index (χ4n) is 3.23. The van der Waals surface area contributed by atoms with Crippen LogP contribution in [0, 0.1) is 0 Å². The van der Waals surface area contributed by atoms with E-state index in [4.69, 9.17) is 0 Å². The van der Waals surface area contributed by atoms with Crippen molar-refractivity contribution in [3.8, 4) is 0 Å². The molecular formula is C20H27N3O2S. The van der Waals surface area contributed by atoms with Crippen LogP contribution in [-0.2, 0) is 25.9 Å². The van der Waals surface area contributed by atoms with E-state index in [-0.39, 0.29) is 18.6 Å². The number of fused-ring (bicyclic) bond motifs is 1. The maximum Gasteiger partial charge on any atom is 0.252 e. The van der Waals surface area contributed by atoms with Crippen LogP contribution in [0.15, 0.2) is 23.7 Å². The number of amides is 1. The van der Waals surface area contributed by atoms with E-state index < -0.39 is 0 Å². The van der Waals surface area contributed by atoms with Crippen molar-refractivity contribution in [2.75, 3.05) is 13.2 Å². The smallest absolute Gasteiger partial charge is 0.252 e. The van der Waals surface area contributed by atoms with Crippen molar-refractivity contribution in [1.82, 2.24) is 15.2 Å². The molecule has 0 saturated heterocycles. The van der Waals surface area contributed by atoms with Crippen LogP contribution >= 0.6 is 11.3 Å². The van der Waals surface area contributed by atoms with Gasteiger partial charge in [-0.15, -0.1) is 11.3 Å². The molecular weight excluding hydrogens is 346 g/mol. The van der Waals surface area contributed by atoms with Gasteiger partial charge >= 0.3 is 0 Å². The summed E-state index contributed by atoms with van der Waals surface area (Å²) in [4.78, 5) is 20.7. The second kappa shape index (κ2) is 8.75. The number of carbonyl (C=O) groups is 1. The van der Waals surface area contributed by atoms with E-state index in [1.54, 1.807) is 11.3 Å². The number of hydrogen-bond donors (Lipinski definition) is 2. The average Bonchev–Trinajstić information content (AvgIpc) is 3.10. The van der Waals surface area contributed by atoms with E-state index in [1.165, 1.54) is 16.0 Å². The van der Waals surface area contributed by atoms with E-state index in [2.05, 4.69) is 34.3 Å². The standard InChI is InChI=1S/C20H27N3O2S/c1-3-14-5-6-16(21-9-14)10-23-8-7-17-18(13-26-19(17)11-23)20(25)22-15(4-2)12-24/h5-6,9,13,15,24H,3-4,7-8,10-12H2,1-2H3,(H,22,25)/t15-/m0/s1. The molecule has 26 heavy (non-hydrogen) atoms. The number of thiophene rings is 1. The van der Waals surface area contributed by atoms with Gasteiger partial charge in [0.25, 0.3) is 5.91 Å². The number of aliphatic hydroxyl groups is 1. The van der Waals surface area contributed by atoms with Crippen molar-refractivity contribution in [3.63, 3.8) is 0 Å². The first-order chi connectivity index (χ1) is 12.6. The summed E-state index contributed by atoms with van der Waals surface area (Å²) in [7, 11) is 0. The van der Waals surface area contributed by atoms with Crippen LogP contribution in [0.4, 0.5) is 0 Å². The third-order valence-electron chi connectivity index (χ3n) is 5.00. The number of aromatic nitrogens is 1. The van der Waals surface area contributed by atoms with Crippen LogP contribution in [0.3, 0.4) is 0 Å². The Kier molecular flexibility index (Phi) is 6.40. The number of aliphatic hydroxyl groups excluding tert-OH is 1. The quantitative estimate of drug-likeness (QED) is 0.783. The molecule has 1 aliphatic heterocycles. The van der Waals surface area contributed by atoms with Gasteiger partial charge in [-0.05, 0) is 36.5 Å². The fourth-order valence-corrected chi connectivity index (χ4v) is 4.35. The lowest BCUT2D eigenvalue weighted by Gasteiger charge is -2.27. The Labute approximate surface area is 159 Å². The first-order valence-corrected chi connectivity index (χ1v) is 10.2. The van der Waals surface area contributed by atoms with Gasteiger partial charge in [0.05, 0.1) is 23.9 Å². The number of pyridine rings is 1. The molecule has 0 saturated carbocycles. The molecule has 2 N–H and O–H groups in total. The molecule has 6 heteroatoms. The van der Waals surface area contributed by atoms with Gasteiger partial charge in [-0.2, -0.15) is 0 Å². The Morgan fingerprint density at radius 1 is 1.42 bits per heavy atom. The molecule has 3 rings (SSSR count). The van der Waals surface area contributed by atoms with Crippen LogP contribution in [0.2, 0.25) is 0 Å². The third-order valence-corrected chi connectivity index (χ3v) is 6.01. The van der Waals surface area contributed by atoms with Crippen LogP contribution in [0.25, 0.3) is 0 Å². The van der Waals surface area contributed by atoms with Crippen LogP contribution in [-0.4, -0.2) is 40.1 Å². The Morgan fingerprint density at radius 3 is 2.92 bits per heavy atom. The van der Waals surface area contributed by atoms with Gasteiger partial charge in [0.2, 0.25) is 0 Å². The summed E-state index contributed by atoms with van der Waals surface area (Å²) in [5, 5.41) is 14.2. The lowest BCUT2D eigenvalue weighted by Crippen LogP contribution is -2.37. The summed E-state index contributed by atoms with van der Waals surface area (Å²) in [5.74, 6) is -0.0614. The molecule has 0 radical (unpaired) electrons. The summed E-state index contributed by atoms with van der Waals surface area (Å²) < 4.78 is 0. The highest BCUT2D eigenvalue weighted by Crippen LogP contribution is 2.29. The van der Waals surface area contributed by atoms with Gasteiger partial charge < -0.3 is 10.4 Å². The molecule has 5 nitrogen and oxygen atoms in total. The monoisotopic (exact) mass is 373 g/mol. The number of nitrogens with zero attached hydrogens (tertiary/aromatic N) is 2. The van der Waals surface area contributed by atoms with Crippen molar-refractivity contribution < 1.29 is 9.90 Å². The highest BCUT2D eigenvalue weighted by Gasteiger charge is 2.24. The van der Waals surface area contributed by atoms with E-state index in [1.807, 2.05) is 18.5 Å². The zero-order chi connectivity index (χ0) is 18.5. The van der Waals surface area contributed by atoms with Crippen LogP contribution in [0.5, 0.6) is 0 Å². The predicted molar refractivity (Wildman–Crippen MR) is 104 cm³/mol. The largest absolute Gasteiger partial charge is 0.394 e. The van der Waals surface area contributed by atoms with Crippen molar-refractivity contribution in [3.05, 3.63) is 51.0 Å². The van der Waals surface area contributed by atoms with E-state index >= 15 is 0 Å². The Balaban J connectivity index is 1.64. The van der Waals surface area contributed by atoms with Crippen molar-refractivity contribution in [1.29, 1.82) is 0 Å². The highest BCUT2D eigenvalue weighted by molar-refractivity contribution is 7.10. The van der Waals surface area contributed by atoms with Crippen molar-refractivity contribution in [2.24, 2.45) is 0 Å². The number of hydrogen-bond acceptors (Lipinski definition) is 5. The van der Waals surface area contributed by atoms with Gasteiger partial charge in [-0.3, -0.25) is 14.7 Å². The summed E-state index contributed by atoms with van der Waals surface area (Å²) in [6.07, 6.45) is 4.58. The Morgan fingerprint density at radius 2 is 2.27 bits per heavy atom. The minimum absolute atomic E-state index is 0.0217. The molecule has 1 aliphatic rings. The van der Waals surface area contributed by atoms with Crippen molar-refractivity contribution >= 4 is 17.2 Å². The topological polar surface area (TPSA) is 65.5 Å². The molecule has 0 aliphatic carbocycles. The zero-order valence-electron chi connectivity index (χ0n) is 15.5. The summed E-state index contributed by atoms with van der Waals surface area (Å²) in [6.45, 7) is 6.71. The number of nitrogens with one attached hydrogen (secondary N) is 1. The van der Waals surface area contributed by atoms with Gasteiger partial charge in [0, 0.05) is 36.1 Å². The number of carbonyl (C=O) groups excluding carboxylic acids is 1. The summed E-state index contributed by atoms with van der Waals surface area (Å²) in [5.41, 5.74) is 4.30. The Hall–Kier alpha value is -1.76. The minimum atomic E-state index is -0.171. The second-order valence-corrected chi connectivity index (χ2v) is 7.75. The summed E-state index contributed by atoms with van der Waals surface area (Å²) in [6, 6.07) is 4.09. The van der Waals surface area contributed by atoms with Crippen LogP contribution in [0.1, 0.15) is 52.3 Å². The number of rotatable bonds is 7. The molecule has 0 fully saturated rings. The molecule has 2 aromatic rings. The maximum absolute atomic E-state index is 12.5. The van der Waals surface area contributed by atoms with Gasteiger partial charge in [-0.1, -0.05) is 19.9 Å². The molecule has 3 heterocycles. The lowest BCUT2D eigenvalue weighted by atomic mass is 10.0. The SMILES string of the molecule is CCc1ccc(CN2CCc3c(C(=O)N[C@@H](CC)CO)csc3C2)nc1. The molecule has 1 amide bonds. The second-order valence-electron chi connectivity index (χ2n) is 6.78. The normalized spacial score (nSPS) is 15.5.